The van der Waals surface area contributed by atoms with Crippen LogP contribution in [-0.4, -0.2) is 78.2 Å². The van der Waals surface area contributed by atoms with Crippen LogP contribution in [0.4, 0.5) is 0 Å². The Bertz CT molecular complexity index is 736. The van der Waals surface area contributed by atoms with Crippen LogP contribution in [0, 0.1) is 0 Å². The number of aliphatic hydroxyl groups excluding tert-OH is 1. The van der Waals surface area contributed by atoms with E-state index in [9.17, 15) is 28.8 Å². The maximum atomic E-state index is 10.2. The third-order valence-corrected chi connectivity index (χ3v) is 3.95. The standard InChI is InChI=1S/3C7H10O4.C4H10O.Hf/c3*1-5(7(10)11)3-2-4-6(8)9;1-2-3-4-5;/h3*3H,2,4H2,1H3,(H,8,9)(H,10,11);5H,2-4H2,1H3;. The summed E-state index contributed by atoms with van der Waals surface area (Å²) in [5.74, 6) is -5.76. The summed E-state index contributed by atoms with van der Waals surface area (Å²) in [7, 11) is 0. The average molecular weight is 727 g/mol. The fraction of sp³-hybridized carbons (Fsp3) is 0.520. The molecule has 222 valence electrons. The first kappa shape index (κ1) is 45.8. The van der Waals surface area contributed by atoms with Crippen molar-refractivity contribution in [2.75, 3.05) is 6.61 Å². The Kier molecular flexibility index (Phi) is 36.5. The number of aliphatic hydroxyl groups is 1. The molecule has 0 radical (unpaired) electrons. The number of carboxylic acids is 6. The molecular formula is C25H40HfO13. The predicted molar refractivity (Wildman–Crippen MR) is 137 cm³/mol. The average Bonchev–Trinajstić information content (AvgIpc) is 2.79. The van der Waals surface area contributed by atoms with Crippen molar-refractivity contribution in [1.82, 2.24) is 0 Å². The molecule has 7 N–H and O–H groups in total. The normalized spacial score (nSPS) is 10.5. The molecule has 0 aliphatic heterocycles. The molecule has 0 amide bonds. The summed E-state index contributed by atoms with van der Waals surface area (Å²) in [5, 5.41) is 57.6. The van der Waals surface area contributed by atoms with E-state index in [0.717, 1.165) is 12.8 Å². The SMILES string of the molecule is CC(=CCCC(=O)O)C(=O)O.CC(=CCCC(=O)O)C(=O)O.CC(=CCCC(=O)O)C(=O)O.CCCCO.[Hf]. The Labute approximate surface area is 246 Å². The Hall–Kier alpha value is -3.13. The second kappa shape index (κ2) is 31.1. The fourth-order valence-electron chi connectivity index (χ4n) is 1.66. The van der Waals surface area contributed by atoms with Crippen molar-refractivity contribution in [2.24, 2.45) is 0 Å². The van der Waals surface area contributed by atoms with Crippen LogP contribution in [0.2, 0.25) is 0 Å². The van der Waals surface area contributed by atoms with Crippen LogP contribution in [0.25, 0.3) is 0 Å². The fourth-order valence-corrected chi connectivity index (χ4v) is 1.66. The van der Waals surface area contributed by atoms with Crippen LogP contribution in [0.1, 0.15) is 79.1 Å². The molecule has 0 bridgehead atoms. The Balaban J connectivity index is -0.000000135. The first-order valence-corrected chi connectivity index (χ1v) is 11.5. The molecule has 0 fully saturated rings. The third-order valence-electron chi connectivity index (χ3n) is 3.95. The van der Waals surface area contributed by atoms with Gasteiger partial charge in [-0.05, 0) is 46.5 Å². The molecule has 0 heterocycles. The van der Waals surface area contributed by atoms with Crippen molar-refractivity contribution in [3.05, 3.63) is 34.9 Å². The van der Waals surface area contributed by atoms with Gasteiger partial charge in [0.1, 0.15) is 0 Å². The van der Waals surface area contributed by atoms with Crippen LogP contribution in [-0.2, 0) is 54.6 Å². The van der Waals surface area contributed by atoms with Gasteiger partial charge in [0.15, 0.2) is 0 Å². The van der Waals surface area contributed by atoms with Crippen molar-refractivity contribution in [1.29, 1.82) is 0 Å². The molecule has 13 nitrogen and oxygen atoms in total. The van der Waals surface area contributed by atoms with Crippen LogP contribution in [0.3, 0.4) is 0 Å². The van der Waals surface area contributed by atoms with E-state index >= 15 is 0 Å². The van der Waals surface area contributed by atoms with E-state index in [1.54, 1.807) is 0 Å². The van der Waals surface area contributed by atoms with Gasteiger partial charge in [0.2, 0.25) is 0 Å². The second-order valence-electron chi connectivity index (χ2n) is 7.45. The van der Waals surface area contributed by atoms with Crippen LogP contribution in [0.15, 0.2) is 34.9 Å². The molecule has 0 unspecified atom stereocenters. The maximum Gasteiger partial charge on any atom is 0.330 e. The van der Waals surface area contributed by atoms with Crippen molar-refractivity contribution >= 4 is 35.8 Å². The molecular weight excluding hydrogens is 687 g/mol. The summed E-state index contributed by atoms with van der Waals surface area (Å²) in [4.78, 5) is 60.4. The van der Waals surface area contributed by atoms with Crippen LogP contribution in [0.5, 0.6) is 0 Å². The van der Waals surface area contributed by atoms with Gasteiger partial charge in [-0.15, -0.1) is 0 Å². The van der Waals surface area contributed by atoms with Crippen molar-refractivity contribution in [2.45, 2.75) is 79.1 Å². The third kappa shape index (κ3) is 45.2. The molecule has 39 heavy (non-hydrogen) atoms. The van der Waals surface area contributed by atoms with E-state index in [1.807, 2.05) is 0 Å². The van der Waals surface area contributed by atoms with Crippen molar-refractivity contribution < 1.29 is 90.4 Å². The van der Waals surface area contributed by atoms with Crippen molar-refractivity contribution in [3.8, 4) is 0 Å². The summed E-state index contributed by atoms with van der Waals surface area (Å²) in [6.45, 7) is 6.70. The molecule has 0 aromatic rings. The van der Waals surface area contributed by atoms with Gasteiger partial charge in [-0.25, -0.2) is 14.4 Å². The van der Waals surface area contributed by atoms with E-state index in [2.05, 4.69) is 6.92 Å². The zero-order valence-corrected chi connectivity index (χ0v) is 26.3. The predicted octanol–water partition coefficient (Wildman–Crippen LogP) is 3.42. The molecule has 0 spiro atoms. The van der Waals surface area contributed by atoms with E-state index in [4.69, 9.17) is 35.7 Å². The van der Waals surface area contributed by atoms with Gasteiger partial charge >= 0.3 is 35.8 Å². The summed E-state index contributed by atoms with van der Waals surface area (Å²) in [6.07, 6.45) is 6.98. The second-order valence-corrected chi connectivity index (χ2v) is 7.45. The van der Waals surface area contributed by atoms with E-state index < -0.39 is 35.8 Å². The number of hydrogen-bond donors (Lipinski definition) is 7. The summed E-state index contributed by atoms with van der Waals surface area (Å²) < 4.78 is 0. The maximum absolute atomic E-state index is 10.2. The molecule has 0 atom stereocenters. The quantitative estimate of drug-likeness (QED) is 0.100. The largest absolute Gasteiger partial charge is 0.481 e. The van der Waals surface area contributed by atoms with Gasteiger partial charge in [-0.3, -0.25) is 14.4 Å². The first-order valence-electron chi connectivity index (χ1n) is 11.5. The minimum absolute atomic E-state index is 0. The summed E-state index contributed by atoms with van der Waals surface area (Å²) in [6, 6.07) is 0. The molecule has 0 saturated heterocycles. The minimum Gasteiger partial charge on any atom is -0.481 e. The van der Waals surface area contributed by atoms with Crippen molar-refractivity contribution in [3.63, 3.8) is 0 Å². The smallest absolute Gasteiger partial charge is 0.330 e. The first-order chi connectivity index (χ1) is 17.5. The van der Waals surface area contributed by atoms with E-state index in [1.165, 1.54) is 39.0 Å². The summed E-state index contributed by atoms with van der Waals surface area (Å²) >= 11 is 0. The number of unbranched alkanes of at least 4 members (excludes halogenated alkanes) is 1. The van der Waals surface area contributed by atoms with Crippen LogP contribution < -0.4 is 0 Å². The number of allylic oxidation sites excluding steroid dienone is 3. The molecule has 0 aromatic carbocycles. The number of carboxylic acid groups (broad SMARTS) is 6. The monoisotopic (exact) mass is 728 g/mol. The summed E-state index contributed by atoms with van der Waals surface area (Å²) in [5.41, 5.74) is 0.559. The van der Waals surface area contributed by atoms with E-state index in [-0.39, 0.29) is 81.1 Å². The number of carbonyl (C=O) groups is 6. The van der Waals surface area contributed by atoms with Crippen LogP contribution >= 0.6 is 0 Å². The zero-order chi connectivity index (χ0) is 30.7. The Morgan fingerprint density at radius 1 is 0.538 bits per heavy atom. The molecule has 0 aliphatic rings. The minimum atomic E-state index is -1.00. The molecule has 0 aromatic heterocycles. The number of aliphatic carboxylic acids is 6. The molecule has 0 saturated carbocycles. The molecule has 0 rings (SSSR count). The van der Waals surface area contributed by atoms with Gasteiger partial charge < -0.3 is 35.7 Å². The number of hydrogen-bond acceptors (Lipinski definition) is 7. The topological polar surface area (TPSA) is 244 Å². The van der Waals surface area contributed by atoms with Gasteiger partial charge in [-0.2, -0.15) is 0 Å². The van der Waals surface area contributed by atoms with E-state index in [0.29, 0.717) is 6.61 Å². The van der Waals surface area contributed by atoms with Gasteiger partial charge in [0.25, 0.3) is 0 Å². The number of rotatable bonds is 14. The Morgan fingerprint density at radius 2 is 0.769 bits per heavy atom. The van der Waals surface area contributed by atoms with Gasteiger partial charge in [-0.1, -0.05) is 31.6 Å². The zero-order valence-electron chi connectivity index (χ0n) is 22.7. The molecule has 0 aliphatic carbocycles. The van der Waals surface area contributed by atoms with Gasteiger partial charge in [0.05, 0.1) is 0 Å². The van der Waals surface area contributed by atoms with Gasteiger partial charge in [0, 0.05) is 68.4 Å². The Morgan fingerprint density at radius 3 is 0.872 bits per heavy atom. The molecule has 14 heteroatoms.